The van der Waals surface area contributed by atoms with Gasteiger partial charge in [-0.1, -0.05) is 11.3 Å². The summed E-state index contributed by atoms with van der Waals surface area (Å²) in [6, 6.07) is 0. The topological polar surface area (TPSA) is 88.9 Å². The fraction of sp³-hybridized carbons (Fsp3) is 0.125. The Morgan fingerprint density at radius 3 is 2.88 bits per heavy atom. The normalized spacial score (nSPS) is 10.3. The molecule has 0 radical (unpaired) electrons. The monoisotopic (exact) mass is 254 g/mol. The van der Waals surface area contributed by atoms with Crippen molar-refractivity contribution in [3.63, 3.8) is 0 Å². The summed E-state index contributed by atoms with van der Waals surface area (Å²) in [5, 5.41) is 17.8. The third-order valence-electron chi connectivity index (χ3n) is 1.53. The predicted molar refractivity (Wildman–Crippen MR) is 57.8 cm³/mol. The van der Waals surface area contributed by atoms with Crippen molar-refractivity contribution in [1.82, 2.24) is 20.2 Å². The van der Waals surface area contributed by atoms with Crippen molar-refractivity contribution in [2.24, 2.45) is 0 Å². The summed E-state index contributed by atoms with van der Waals surface area (Å²) in [4.78, 5) is 18.4. The van der Waals surface area contributed by atoms with Crippen LogP contribution in [0.25, 0.3) is 0 Å². The Kier molecular flexibility index (Phi) is 3.11. The number of aryl methyl sites for hydroxylation is 1. The Bertz CT molecular complexity index is 528. The van der Waals surface area contributed by atoms with Gasteiger partial charge in [0.25, 0.3) is 0 Å². The molecule has 0 aliphatic heterocycles. The zero-order valence-electron chi connectivity index (χ0n) is 8.12. The van der Waals surface area contributed by atoms with Crippen LogP contribution in [0.1, 0.15) is 15.5 Å². The van der Waals surface area contributed by atoms with Gasteiger partial charge in [0.2, 0.25) is 0 Å². The summed E-state index contributed by atoms with van der Waals surface area (Å²) in [5.41, 5.74) is -0.0776. The Labute approximate surface area is 98.8 Å². The number of nitrogens with zero attached hydrogens (tertiary/aromatic N) is 4. The van der Waals surface area contributed by atoms with Crippen molar-refractivity contribution in [3.8, 4) is 0 Å². The van der Waals surface area contributed by atoms with Crippen LogP contribution in [-0.2, 0) is 0 Å². The van der Waals surface area contributed by atoms with Crippen LogP contribution in [0, 0.1) is 6.92 Å². The minimum absolute atomic E-state index is 0.0776. The van der Waals surface area contributed by atoms with Crippen LogP contribution in [0.4, 0.5) is 0 Å². The highest BCUT2D eigenvalue weighted by Gasteiger charge is 2.09. The quantitative estimate of drug-likeness (QED) is 0.887. The van der Waals surface area contributed by atoms with E-state index in [1.54, 1.807) is 0 Å². The van der Waals surface area contributed by atoms with E-state index in [0.717, 1.165) is 5.01 Å². The lowest BCUT2D eigenvalue weighted by molar-refractivity contribution is 0.0689. The number of aromatic nitrogens is 4. The molecule has 0 atom stereocenters. The van der Waals surface area contributed by atoms with Crippen molar-refractivity contribution in [2.45, 2.75) is 16.3 Å². The molecule has 0 amide bonds. The number of carbonyl (C=O) groups is 1. The van der Waals surface area contributed by atoms with E-state index < -0.39 is 5.97 Å². The number of hydrogen-bond donors (Lipinski definition) is 1. The fourth-order valence-corrected chi connectivity index (χ4v) is 2.63. The molecule has 0 saturated heterocycles. The minimum Gasteiger partial charge on any atom is -0.476 e. The molecule has 2 aromatic heterocycles. The number of hydrogen-bond acceptors (Lipinski definition) is 7. The molecule has 0 saturated carbocycles. The summed E-state index contributed by atoms with van der Waals surface area (Å²) in [6.45, 7) is 1.85. The fourth-order valence-electron chi connectivity index (χ4n) is 0.909. The van der Waals surface area contributed by atoms with Gasteiger partial charge in [0, 0.05) is 0 Å². The van der Waals surface area contributed by atoms with Gasteiger partial charge < -0.3 is 5.11 Å². The van der Waals surface area contributed by atoms with Crippen molar-refractivity contribution in [1.29, 1.82) is 0 Å². The van der Waals surface area contributed by atoms with E-state index in [1.165, 1.54) is 35.5 Å². The molecule has 2 rings (SSSR count). The summed E-state index contributed by atoms with van der Waals surface area (Å²) >= 11 is 2.67. The van der Waals surface area contributed by atoms with Crippen molar-refractivity contribution in [2.75, 3.05) is 0 Å². The molecular weight excluding hydrogens is 248 g/mol. The summed E-state index contributed by atoms with van der Waals surface area (Å²) < 4.78 is 0.717. The molecule has 0 aliphatic rings. The van der Waals surface area contributed by atoms with Crippen LogP contribution in [0.3, 0.4) is 0 Å². The second-order valence-electron chi connectivity index (χ2n) is 2.74. The highest BCUT2D eigenvalue weighted by atomic mass is 32.2. The average Bonchev–Trinajstić information content (AvgIpc) is 2.64. The van der Waals surface area contributed by atoms with Gasteiger partial charge in [0.1, 0.15) is 10.0 Å². The highest BCUT2D eigenvalue weighted by molar-refractivity contribution is 8.01. The van der Waals surface area contributed by atoms with E-state index >= 15 is 0 Å². The number of carboxylic acid groups (broad SMARTS) is 1. The van der Waals surface area contributed by atoms with E-state index in [2.05, 4.69) is 20.2 Å². The first kappa shape index (κ1) is 11.0. The first-order valence-electron chi connectivity index (χ1n) is 4.18. The van der Waals surface area contributed by atoms with Gasteiger partial charge in [-0.2, -0.15) is 0 Å². The smallest absolute Gasteiger partial charge is 0.356 e. The molecule has 16 heavy (non-hydrogen) atoms. The molecule has 82 valence electrons. The zero-order chi connectivity index (χ0) is 11.5. The summed E-state index contributed by atoms with van der Waals surface area (Å²) in [7, 11) is 0. The average molecular weight is 254 g/mol. The lowest BCUT2D eigenvalue weighted by Crippen LogP contribution is -2.01. The molecule has 2 heterocycles. The molecular formula is C8H6N4O2S2. The van der Waals surface area contributed by atoms with Gasteiger partial charge in [-0.25, -0.2) is 9.78 Å². The van der Waals surface area contributed by atoms with Gasteiger partial charge >= 0.3 is 5.97 Å². The number of aromatic carboxylic acids is 1. The van der Waals surface area contributed by atoms with Crippen LogP contribution in [0.5, 0.6) is 0 Å². The molecule has 8 heteroatoms. The molecule has 0 bridgehead atoms. The number of carboxylic acids is 1. The largest absolute Gasteiger partial charge is 0.476 e. The third kappa shape index (κ3) is 2.52. The van der Waals surface area contributed by atoms with Crippen molar-refractivity contribution < 1.29 is 9.90 Å². The Balaban J connectivity index is 2.21. The second kappa shape index (κ2) is 4.54. The first-order chi connectivity index (χ1) is 7.65. The van der Waals surface area contributed by atoms with Crippen molar-refractivity contribution in [3.05, 3.63) is 23.1 Å². The molecule has 6 nitrogen and oxygen atoms in total. The van der Waals surface area contributed by atoms with Gasteiger partial charge in [-0.3, -0.25) is 4.98 Å². The number of rotatable bonds is 3. The van der Waals surface area contributed by atoms with Crippen LogP contribution in [0.2, 0.25) is 0 Å². The van der Waals surface area contributed by atoms with Crippen LogP contribution < -0.4 is 0 Å². The predicted octanol–water partition coefficient (Wildman–Crippen LogP) is 1.49. The standard InChI is InChI=1S/C8H6N4O2S2/c1-4-11-12-8(15-4)16-6-3-9-2-5(10-6)7(13)14/h2-3H,1H3,(H,13,14). The molecule has 2 aromatic rings. The first-order valence-corrected chi connectivity index (χ1v) is 5.82. The van der Waals surface area contributed by atoms with Gasteiger partial charge in [-0.05, 0) is 18.7 Å². The molecule has 0 aromatic carbocycles. The van der Waals surface area contributed by atoms with E-state index in [-0.39, 0.29) is 5.69 Å². The molecule has 1 N–H and O–H groups in total. The van der Waals surface area contributed by atoms with Crippen molar-refractivity contribution >= 4 is 29.1 Å². The molecule has 0 unspecified atom stereocenters. The summed E-state index contributed by atoms with van der Waals surface area (Å²) in [5.74, 6) is -1.09. The van der Waals surface area contributed by atoms with Gasteiger partial charge in [-0.15, -0.1) is 10.2 Å². The zero-order valence-corrected chi connectivity index (χ0v) is 9.75. The van der Waals surface area contributed by atoms with E-state index in [4.69, 9.17) is 5.11 Å². The Morgan fingerprint density at radius 2 is 2.25 bits per heavy atom. The SMILES string of the molecule is Cc1nnc(Sc2cncc(C(=O)O)n2)s1. The Morgan fingerprint density at radius 1 is 1.44 bits per heavy atom. The van der Waals surface area contributed by atoms with Gasteiger partial charge in [0.05, 0.1) is 12.4 Å². The van der Waals surface area contributed by atoms with Crippen LogP contribution >= 0.6 is 23.1 Å². The third-order valence-corrected chi connectivity index (χ3v) is 3.33. The summed E-state index contributed by atoms with van der Waals surface area (Å²) in [6.07, 6.45) is 2.70. The van der Waals surface area contributed by atoms with Gasteiger partial charge in [0.15, 0.2) is 10.0 Å². The van der Waals surface area contributed by atoms with E-state index in [0.29, 0.717) is 9.37 Å². The molecule has 0 spiro atoms. The second-order valence-corrected chi connectivity index (χ2v) is 5.19. The van der Waals surface area contributed by atoms with Crippen LogP contribution in [0.15, 0.2) is 21.8 Å². The van der Waals surface area contributed by atoms with E-state index in [9.17, 15) is 4.79 Å². The molecule has 0 fully saturated rings. The lowest BCUT2D eigenvalue weighted by Gasteiger charge is -1.96. The minimum atomic E-state index is -1.09. The lowest BCUT2D eigenvalue weighted by atomic mass is 10.5. The maximum absolute atomic E-state index is 10.7. The van der Waals surface area contributed by atoms with Crippen LogP contribution in [-0.4, -0.2) is 31.2 Å². The molecule has 0 aliphatic carbocycles. The van der Waals surface area contributed by atoms with E-state index in [1.807, 2.05) is 6.92 Å². The Hall–Kier alpha value is -1.54. The highest BCUT2D eigenvalue weighted by Crippen LogP contribution is 2.27. The maximum Gasteiger partial charge on any atom is 0.356 e. The maximum atomic E-state index is 10.7.